The van der Waals surface area contributed by atoms with Crippen LogP contribution in [0.25, 0.3) is 32.9 Å². The molecule has 3 heterocycles. The second kappa shape index (κ2) is 8.43. The van der Waals surface area contributed by atoms with E-state index in [0.717, 1.165) is 16.5 Å². The van der Waals surface area contributed by atoms with Gasteiger partial charge in [0.2, 0.25) is 5.91 Å². The molecule has 1 aliphatic rings. The Morgan fingerprint density at radius 2 is 2.00 bits per heavy atom. The number of piperazine rings is 1. The van der Waals surface area contributed by atoms with E-state index in [1.807, 2.05) is 24.0 Å². The van der Waals surface area contributed by atoms with Gasteiger partial charge in [-0.3, -0.25) is 14.9 Å². The van der Waals surface area contributed by atoms with Crippen molar-refractivity contribution in [2.24, 2.45) is 0 Å². The van der Waals surface area contributed by atoms with Gasteiger partial charge in [-0.25, -0.2) is 4.39 Å². The number of hydrogen-bond acceptors (Lipinski definition) is 5. The number of fused-ring (bicyclic) bond motifs is 2. The van der Waals surface area contributed by atoms with E-state index in [9.17, 15) is 10.1 Å². The molecule has 0 radical (unpaired) electrons. The maximum Gasteiger partial charge on any atom is 0.246 e. The molecule has 1 aliphatic heterocycles. The highest BCUT2D eigenvalue weighted by molar-refractivity contribution is 6.35. The molecule has 0 unspecified atom stereocenters. The lowest BCUT2D eigenvalue weighted by molar-refractivity contribution is -0.126. The van der Waals surface area contributed by atoms with Crippen LogP contribution in [0.4, 0.5) is 10.1 Å². The third kappa shape index (κ3) is 3.37. The Morgan fingerprint density at radius 3 is 2.71 bits per heavy atom. The highest BCUT2D eigenvalue weighted by Gasteiger charge is 2.26. The molecule has 1 fully saturated rings. The van der Waals surface area contributed by atoms with E-state index in [2.05, 4.69) is 27.8 Å². The summed E-state index contributed by atoms with van der Waals surface area (Å²) in [6.45, 7) is 7.34. The molecular formula is C25H20ClFN6O. The number of nitriles is 1. The summed E-state index contributed by atoms with van der Waals surface area (Å²) in [5.74, 6) is -0.687. The topological polar surface area (TPSA) is 88.9 Å². The van der Waals surface area contributed by atoms with Crippen LogP contribution in [-0.2, 0) is 4.79 Å². The number of carbonyl (C=O) groups excluding carboxylic acids is 1. The zero-order chi connectivity index (χ0) is 24.0. The fourth-order valence-electron chi connectivity index (χ4n) is 4.64. The number of carbonyl (C=O) groups is 1. The lowest BCUT2D eigenvalue weighted by atomic mass is 9.94. The molecule has 9 heteroatoms. The van der Waals surface area contributed by atoms with Crippen LogP contribution in [0.15, 0.2) is 43.2 Å². The van der Waals surface area contributed by atoms with Crippen LogP contribution in [0.5, 0.6) is 0 Å². The average Bonchev–Trinajstić information content (AvgIpc) is 3.33. The number of nitrogens with one attached hydrogen (secondary N) is 1. The number of aromatic amines is 1. The molecule has 170 valence electrons. The van der Waals surface area contributed by atoms with Crippen LogP contribution in [0.3, 0.4) is 0 Å². The number of aromatic nitrogens is 3. The van der Waals surface area contributed by atoms with Crippen LogP contribution in [0, 0.1) is 24.1 Å². The first-order chi connectivity index (χ1) is 16.4. The largest absolute Gasteiger partial charge is 0.366 e. The Kier molecular flexibility index (Phi) is 5.42. The van der Waals surface area contributed by atoms with Crippen LogP contribution in [0.2, 0.25) is 5.02 Å². The molecule has 7 nitrogen and oxygen atoms in total. The van der Waals surface area contributed by atoms with Crippen molar-refractivity contribution in [3.63, 3.8) is 0 Å². The molecule has 34 heavy (non-hydrogen) atoms. The van der Waals surface area contributed by atoms with Gasteiger partial charge in [-0.2, -0.15) is 10.4 Å². The number of H-pyrrole nitrogens is 1. The highest BCUT2D eigenvalue weighted by atomic mass is 35.5. The second-order valence-electron chi connectivity index (χ2n) is 8.18. The number of halogens is 2. The predicted octanol–water partition coefficient (Wildman–Crippen LogP) is 4.59. The van der Waals surface area contributed by atoms with E-state index in [1.54, 1.807) is 17.2 Å². The van der Waals surface area contributed by atoms with Gasteiger partial charge in [-0.05, 0) is 30.7 Å². The minimum absolute atomic E-state index is 0.137. The molecule has 1 amide bonds. The van der Waals surface area contributed by atoms with Crippen molar-refractivity contribution in [3.8, 4) is 17.2 Å². The Bertz CT molecular complexity index is 1510. The lowest BCUT2D eigenvalue weighted by Crippen LogP contribution is -2.48. The molecular weight excluding hydrogens is 455 g/mol. The van der Waals surface area contributed by atoms with E-state index in [4.69, 9.17) is 11.6 Å². The Labute approximate surface area is 200 Å². The zero-order valence-corrected chi connectivity index (χ0v) is 19.2. The summed E-state index contributed by atoms with van der Waals surface area (Å²) in [7, 11) is 0. The number of pyridine rings is 1. The fraction of sp³-hybridized carbons (Fsp3) is 0.200. The maximum atomic E-state index is 16.1. The molecule has 1 saturated heterocycles. The fourth-order valence-corrected chi connectivity index (χ4v) is 4.93. The molecule has 2 aromatic heterocycles. The molecule has 4 aromatic rings. The van der Waals surface area contributed by atoms with Crippen molar-refractivity contribution in [3.05, 3.63) is 65.2 Å². The number of hydrogen-bond donors (Lipinski definition) is 1. The Balaban J connectivity index is 1.69. The summed E-state index contributed by atoms with van der Waals surface area (Å²) in [6.07, 6.45) is 4.34. The van der Waals surface area contributed by atoms with Crippen LogP contribution >= 0.6 is 11.6 Å². The van der Waals surface area contributed by atoms with Crippen molar-refractivity contribution in [1.82, 2.24) is 20.1 Å². The van der Waals surface area contributed by atoms with E-state index in [0.29, 0.717) is 48.4 Å². The maximum absolute atomic E-state index is 16.1. The summed E-state index contributed by atoms with van der Waals surface area (Å²) >= 11 is 6.71. The minimum Gasteiger partial charge on any atom is -0.366 e. The van der Waals surface area contributed by atoms with Gasteiger partial charge in [0.15, 0.2) is 5.82 Å². The van der Waals surface area contributed by atoms with Gasteiger partial charge in [0.05, 0.1) is 28.0 Å². The number of aryl methyl sites for hydroxylation is 1. The average molecular weight is 475 g/mol. The number of rotatable bonds is 3. The van der Waals surface area contributed by atoms with Crippen molar-refractivity contribution in [2.45, 2.75) is 6.92 Å². The summed E-state index contributed by atoms with van der Waals surface area (Å²) in [4.78, 5) is 19.9. The first-order valence-electron chi connectivity index (χ1n) is 10.7. The SMILES string of the molecule is C=CC(=O)N1CCN(c2c(C#N)cnc3c(F)c(-c4c(C)ccc5[nH]ncc45)c(Cl)cc23)CC1. The van der Waals surface area contributed by atoms with Gasteiger partial charge in [0, 0.05) is 54.3 Å². The summed E-state index contributed by atoms with van der Waals surface area (Å²) in [6, 6.07) is 7.62. The van der Waals surface area contributed by atoms with Crippen molar-refractivity contribution >= 4 is 45.0 Å². The van der Waals surface area contributed by atoms with Crippen molar-refractivity contribution in [2.75, 3.05) is 31.1 Å². The van der Waals surface area contributed by atoms with Gasteiger partial charge in [0.1, 0.15) is 11.6 Å². The smallest absolute Gasteiger partial charge is 0.246 e. The van der Waals surface area contributed by atoms with Crippen LogP contribution < -0.4 is 4.90 Å². The summed E-state index contributed by atoms with van der Waals surface area (Å²) < 4.78 is 16.1. The second-order valence-corrected chi connectivity index (χ2v) is 8.59. The highest BCUT2D eigenvalue weighted by Crippen LogP contribution is 2.42. The molecule has 0 aliphatic carbocycles. The van der Waals surface area contributed by atoms with Crippen LogP contribution in [-0.4, -0.2) is 52.2 Å². The lowest BCUT2D eigenvalue weighted by Gasteiger charge is -2.36. The third-order valence-electron chi connectivity index (χ3n) is 6.31. The molecule has 0 saturated carbocycles. The molecule has 2 aromatic carbocycles. The zero-order valence-electron chi connectivity index (χ0n) is 18.4. The predicted molar refractivity (Wildman–Crippen MR) is 130 cm³/mol. The Morgan fingerprint density at radius 1 is 1.24 bits per heavy atom. The van der Waals surface area contributed by atoms with Gasteiger partial charge in [-0.1, -0.05) is 24.2 Å². The summed E-state index contributed by atoms with van der Waals surface area (Å²) in [5, 5.41) is 18.2. The van der Waals surface area contributed by atoms with E-state index < -0.39 is 5.82 Å². The standard InChI is InChI=1S/C25H20ClFN6O/c1-3-20(34)32-6-8-33(9-7-32)25-15(11-28)12-29-24-16(25)10-18(26)22(23(24)27)21-14(2)4-5-19-17(21)13-30-31-19/h3-5,10,12-13H,1,6-9H2,2H3,(H,30,31). The van der Waals surface area contributed by atoms with Crippen molar-refractivity contribution in [1.29, 1.82) is 5.26 Å². The Hall–Kier alpha value is -3.96. The molecule has 0 atom stereocenters. The monoisotopic (exact) mass is 474 g/mol. The molecule has 0 bridgehead atoms. The van der Waals surface area contributed by atoms with E-state index >= 15 is 4.39 Å². The molecule has 1 N–H and O–H groups in total. The van der Waals surface area contributed by atoms with E-state index in [-0.39, 0.29) is 22.0 Å². The molecule has 0 spiro atoms. The third-order valence-corrected chi connectivity index (χ3v) is 6.61. The van der Waals surface area contributed by atoms with Crippen molar-refractivity contribution < 1.29 is 9.18 Å². The van der Waals surface area contributed by atoms with Gasteiger partial charge in [-0.15, -0.1) is 0 Å². The van der Waals surface area contributed by atoms with Gasteiger partial charge < -0.3 is 9.80 Å². The number of nitrogens with zero attached hydrogens (tertiary/aromatic N) is 5. The molecule has 5 rings (SSSR count). The van der Waals surface area contributed by atoms with E-state index in [1.165, 1.54) is 12.3 Å². The van der Waals surface area contributed by atoms with Crippen LogP contribution in [0.1, 0.15) is 11.1 Å². The number of benzene rings is 2. The first-order valence-corrected chi connectivity index (χ1v) is 11.1. The first kappa shape index (κ1) is 21.9. The van der Waals surface area contributed by atoms with Gasteiger partial charge >= 0.3 is 0 Å². The quantitative estimate of drug-likeness (QED) is 0.439. The van der Waals surface area contributed by atoms with Gasteiger partial charge in [0.25, 0.3) is 0 Å². The minimum atomic E-state index is -0.550. The normalized spacial score (nSPS) is 13.9. The number of anilines is 1. The summed E-state index contributed by atoms with van der Waals surface area (Å²) in [5.41, 5.74) is 3.57. The number of amides is 1.